The summed E-state index contributed by atoms with van der Waals surface area (Å²) in [6.45, 7) is 5.98. The molecule has 17 heavy (non-hydrogen) atoms. The fourth-order valence-corrected chi connectivity index (χ4v) is 2.38. The Morgan fingerprint density at radius 1 is 1.53 bits per heavy atom. The van der Waals surface area contributed by atoms with Crippen LogP contribution in [0.1, 0.15) is 18.9 Å². The summed E-state index contributed by atoms with van der Waals surface area (Å²) in [5.41, 5.74) is 1.82. The van der Waals surface area contributed by atoms with E-state index in [2.05, 4.69) is 42.7 Å². The van der Waals surface area contributed by atoms with Crippen molar-refractivity contribution in [2.45, 2.75) is 25.8 Å². The van der Waals surface area contributed by atoms with E-state index in [0.717, 1.165) is 25.2 Å². The third kappa shape index (κ3) is 2.42. The molecule has 2 atom stereocenters. The Morgan fingerprint density at radius 3 is 3.00 bits per heavy atom. The number of nitriles is 1. The topological polar surface area (TPSA) is 47.9 Å². The smallest absolute Gasteiger partial charge is 0.130 e. The van der Waals surface area contributed by atoms with Crippen LogP contribution in [0.25, 0.3) is 0 Å². The number of piperidine rings is 1. The SMILES string of the molecule is Cc1cccc(NC2(C#N)CCNCC2C)c1. The molecule has 1 aliphatic rings. The van der Waals surface area contributed by atoms with Crippen LogP contribution >= 0.6 is 0 Å². The van der Waals surface area contributed by atoms with E-state index >= 15 is 0 Å². The summed E-state index contributed by atoms with van der Waals surface area (Å²) in [7, 11) is 0. The second-order valence-electron chi connectivity index (χ2n) is 4.93. The van der Waals surface area contributed by atoms with Crippen LogP contribution in [0.4, 0.5) is 5.69 Å². The second-order valence-corrected chi connectivity index (χ2v) is 4.93. The molecule has 0 spiro atoms. The van der Waals surface area contributed by atoms with Gasteiger partial charge in [0.1, 0.15) is 5.54 Å². The minimum absolute atomic E-state index is 0.307. The Kier molecular flexibility index (Phi) is 3.35. The first-order valence-electron chi connectivity index (χ1n) is 6.13. The lowest BCUT2D eigenvalue weighted by Crippen LogP contribution is -2.53. The lowest BCUT2D eigenvalue weighted by molar-refractivity contribution is 0.304. The molecule has 1 aliphatic heterocycles. The maximum Gasteiger partial charge on any atom is 0.130 e. The zero-order valence-electron chi connectivity index (χ0n) is 10.5. The van der Waals surface area contributed by atoms with Crippen molar-refractivity contribution in [2.24, 2.45) is 5.92 Å². The minimum atomic E-state index is -0.432. The van der Waals surface area contributed by atoms with Gasteiger partial charge < -0.3 is 10.6 Å². The third-order valence-corrected chi connectivity index (χ3v) is 3.57. The molecule has 1 aromatic carbocycles. The monoisotopic (exact) mass is 229 g/mol. The predicted octanol–water partition coefficient (Wildman–Crippen LogP) is 2.30. The van der Waals surface area contributed by atoms with Crippen LogP contribution in [0.3, 0.4) is 0 Å². The van der Waals surface area contributed by atoms with Crippen LogP contribution in [-0.4, -0.2) is 18.6 Å². The number of hydrogen-bond acceptors (Lipinski definition) is 3. The Morgan fingerprint density at radius 2 is 2.35 bits per heavy atom. The highest BCUT2D eigenvalue weighted by molar-refractivity contribution is 5.50. The van der Waals surface area contributed by atoms with Gasteiger partial charge in [-0.05, 0) is 37.6 Å². The lowest BCUT2D eigenvalue weighted by Gasteiger charge is -2.38. The predicted molar refractivity (Wildman–Crippen MR) is 69.8 cm³/mol. The molecule has 2 unspecified atom stereocenters. The van der Waals surface area contributed by atoms with E-state index in [1.165, 1.54) is 5.56 Å². The van der Waals surface area contributed by atoms with E-state index in [1.54, 1.807) is 0 Å². The van der Waals surface area contributed by atoms with Crippen LogP contribution in [0.2, 0.25) is 0 Å². The normalized spacial score (nSPS) is 28.4. The molecule has 0 amide bonds. The van der Waals surface area contributed by atoms with Gasteiger partial charge in [-0.2, -0.15) is 5.26 Å². The summed E-state index contributed by atoms with van der Waals surface area (Å²) in [5, 5.41) is 16.3. The van der Waals surface area contributed by atoms with Crippen molar-refractivity contribution in [2.75, 3.05) is 18.4 Å². The van der Waals surface area contributed by atoms with Crippen molar-refractivity contribution in [3.8, 4) is 6.07 Å². The fraction of sp³-hybridized carbons (Fsp3) is 0.500. The first-order valence-corrected chi connectivity index (χ1v) is 6.13. The number of hydrogen-bond donors (Lipinski definition) is 2. The molecular formula is C14H19N3. The molecule has 0 aliphatic carbocycles. The quantitative estimate of drug-likeness (QED) is 0.818. The van der Waals surface area contributed by atoms with E-state index in [9.17, 15) is 5.26 Å². The highest BCUT2D eigenvalue weighted by Crippen LogP contribution is 2.28. The van der Waals surface area contributed by atoms with Crippen molar-refractivity contribution in [3.05, 3.63) is 29.8 Å². The number of benzene rings is 1. The second kappa shape index (κ2) is 4.77. The molecule has 0 aromatic heterocycles. The molecule has 1 saturated heterocycles. The van der Waals surface area contributed by atoms with Gasteiger partial charge in [-0.25, -0.2) is 0 Å². The van der Waals surface area contributed by atoms with E-state index in [-0.39, 0.29) is 0 Å². The maximum absolute atomic E-state index is 9.50. The lowest BCUT2D eigenvalue weighted by atomic mass is 9.80. The summed E-state index contributed by atoms with van der Waals surface area (Å²) in [6, 6.07) is 10.7. The Balaban J connectivity index is 2.22. The van der Waals surface area contributed by atoms with Crippen molar-refractivity contribution < 1.29 is 0 Å². The molecule has 1 aromatic rings. The van der Waals surface area contributed by atoms with Gasteiger partial charge in [0.25, 0.3) is 0 Å². The average molecular weight is 229 g/mol. The number of nitrogens with zero attached hydrogens (tertiary/aromatic N) is 1. The van der Waals surface area contributed by atoms with Crippen molar-refractivity contribution >= 4 is 5.69 Å². The van der Waals surface area contributed by atoms with Crippen molar-refractivity contribution in [3.63, 3.8) is 0 Å². The van der Waals surface area contributed by atoms with Crippen molar-refractivity contribution in [1.82, 2.24) is 5.32 Å². The third-order valence-electron chi connectivity index (χ3n) is 3.57. The van der Waals surface area contributed by atoms with Gasteiger partial charge >= 0.3 is 0 Å². The molecule has 3 nitrogen and oxygen atoms in total. The molecule has 3 heteroatoms. The zero-order chi connectivity index (χ0) is 12.3. The molecule has 1 heterocycles. The number of nitrogens with one attached hydrogen (secondary N) is 2. The van der Waals surface area contributed by atoms with Crippen molar-refractivity contribution in [1.29, 1.82) is 5.26 Å². The molecular weight excluding hydrogens is 210 g/mol. The van der Waals surface area contributed by atoms with Crippen LogP contribution in [0, 0.1) is 24.2 Å². The molecule has 2 N–H and O–H groups in total. The molecule has 0 saturated carbocycles. The van der Waals surface area contributed by atoms with Crippen LogP contribution in [0.15, 0.2) is 24.3 Å². The van der Waals surface area contributed by atoms with Crippen LogP contribution in [-0.2, 0) is 0 Å². The van der Waals surface area contributed by atoms with Gasteiger partial charge in [0.15, 0.2) is 0 Å². The molecule has 0 bridgehead atoms. The van der Waals surface area contributed by atoms with Gasteiger partial charge in [-0.3, -0.25) is 0 Å². The first kappa shape index (κ1) is 11.9. The summed E-state index contributed by atoms with van der Waals surface area (Å²) in [6.07, 6.45) is 0.846. The van der Waals surface area contributed by atoms with Gasteiger partial charge in [0, 0.05) is 18.2 Å². The summed E-state index contributed by atoms with van der Waals surface area (Å²) >= 11 is 0. The first-order chi connectivity index (χ1) is 8.16. The Hall–Kier alpha value is -1.53. The van der Waals surface area contributed by atoms with E-state index in [1.807, 2.05) is 12.1 Å². The number of anilines is 1. The summed E-state index contributed by atoms with van der Waals surface area (Å²) in [4.78, 5) is 0. The highest BCUT2D eigenvalue weighted by Gasteiger charge is 2.38. The summed E-state index contributed by atoms with van der Waals surface area (Å²) < 4.78 is 0. The van der Waals surface area contributed by atoms with Gasteiger partial charge in [0.05, 0.1) is 6.07 Å². The number of rotatable bonds is 2. The van der Waals surface area contributed by atoms with Crippen LogP contribution < -0.4 is 10.6 Å². The molecule has 0 radical (unpaired) electrons. The molecule has 2 rings (SSSR count). The van der Waals surface area contributed by atoms with E-state index in [4.69, 9.17) is 0 Å². The van der Waals surface area contributed by atoms with E-state index in [0.29, 0.717) is 5.92 Å². The average Bonchev–Trinajstić information content (AvgIpc) is 2.32. The Labute approximate surface area is 103 Å². The van der Waals surface area contributed by atoms with Crippen LogP contribution in [0.5, 0.6) is 0 Å². The maximum atomic E-state index is 9.50. The molecule has 1 fully saturated rings. The van der Waals surface area contributed by atoms with Gasteiger partial charge in [-0.1, -0.05) is 19.1 Å². The minimum Gasteiger partial charge on any atom is -0.367 e. The summed E-state index contributed by atoms with van der Waals surface area (Å²) in [5.74, 6) is 0.307. The largest absolute Gasteiger partial charge is 0.367 e. The fourth-order valence-electron chi connectivity index (χ4n) is 2.38. The van der Waals surface area contributed by atoms with E-state index < -0.39 is 5.54 Å². The van der Waals surface area contributed by atoms with Gasteiger partial charge in [0.2, 0.25) is 0 Å². The molecule has 90 valence electrons. The highest BCUT2D eigenvalue weighted by atomic mass is 15.0. The zero-order valence-corrected chi connectivity index (χ0v) is 10.5. The standard InChI is InChI=1S/C14H19N3/c1-11-4-3-5-13(8-11)17-14(10-15)6-7-16-9-12(14)2/h3-5,8,12,16-17H,6-7,9H2,1-2H3. The van der Waals surface area contributed by atoms with Gasteiger partial charge in [-0.15, -0.1) is 0 Å². The number of aryl methyl sites for hydroxylation is 1. The Bertz CT molecular complexity index is 435.